The Balaban J connectivity index is 1.28. The quantitative estimate of drug-likeness (QED) is 0.577. The molecule has 1 aliphatic heterocycles. The fourth-order valence-corrected chi connectivity index (χ4v) is 4.45. The number of benzene rings is 1. The number of amides is 2. The number of carbonyl (C=O) groups excluding carboxylic acids is 2. The molecule has 7 nitrogen and oxygen atoms in total. The second kappa shape index (κ2) is 10.1. The van der Waals surface area contributed by atoms with Gasteiger partial charge in [-0.3, -0.25) is 9.59 Å². The van der Waals surface area contributed by atoms with Crippen molar-refractivity contribution in [3.63, 3.8) is 0 Å². The van der Waals surface area contributed by atoms with E-state index >= 15 is 0 Å². The fourth-order valence-electron chi connectivity index (χ4n) is 4.45. The zero-order valence-electron chi connectivity index (χ0n) is 19.3. The molecule has 1 atom stereocenters. The van der Waals surface area contributed by atoms with Gasteiger partial charge in [-0.2, -0.15) is 0 Å². The van der Waals surface area contributed by atoms with Crippen LogP contribution in [0.3, 0.4) is 0 Å². The van der Waals surface area contributed by atoms with Crippen LogP contribution in [0.2, 0.25) is 0 Å². The molecule has 174 valence electrons. The standard InChI is InChI=1S/C26H32N4O3/c1-26(2,29-23(31)18-33-22-8-4-3-5-9-22)25(32)30-15-6-7-19(13-16-30)17-21-11-10-20-12-14-27-24(20)28-21/h3-5,8-12,14,19H,6-7,13,15-18H2,1-2H3,(H,27,28)(H,29,31)/t19-/m1/s1. The van der Waals surface area contributed by atoms with E-state index in [9.17, 15) is 9.59 Å². The number of para-hydroxylation sites is 1. The third kappa shape index (κ3) is 5.92. The van der Waals surface area contributed by atoms with E-state index in [0.29, 0.717) is 24.8 Å². The predicted molar refractivity (Wildman–Crippen MR) is 128 cm³/mol. The largest absolute Gasteiger partial charge is 0.484 e. The second-order valence-corrected chi connectivity index (χ2v) is 9.29. The van der Waals surface area contributed by atoms with Crippen LogP contribution < -0.4 is 10.1 Å². The number of rotatable bonds is 7. The molecule has 1 aliphatic rings. The Morgan fingerprint density at radius 2 is 1.94 bits per heavy atom. The van der Waals surface area contributed by atoms with E-state index in [1.807, 2.05) is 35.4 Å². The predicted octanol–water partition coefficient (Wildman–Crippen LogP) is 3.71. The summed E-state index contributed by atoms with van der Waals surface area (Å²) in [4.78, 5) is 35.4. The second-order valence-electron chi connectivity index (χ2n) is 9.29. The summed E-state index contributed by atoms with van der Waals surface area (Å²) in [6, 6.07) is 15.4. The van der Waals surface area contributed by atoms with Gasteiger partial charge in [-0.15, -0.1) is 0 Å². The first-order chi connectivity index (χ1) is 15.9. The first-order valence-corrected chi connectivity index (χ1v) is 11.6. The number of hydrogen-bond acceptors (Lipinski definition) is 4. The Morgan fingerprint density at radius 3 is 2.76 bits per heavy atom. The molecular weight excluding hydrogens is 416 g/mol. The van der Waals surface area contributed by atoms with Crippen molar-refractivity contribution in [2.45, 2.75) is 45.1 Å². The van der Waals surface area contributed by atoms with Gasteiger partial charge in [-0.05, 0) is 75.8 Å². The van der Waals surface area contributed by atoms with Gasteiger partial charge in [0.15, 0.2) is 6.61 Å². The molecule has 0 saturated carbocycles. The molecule has 0 aliphatic carbocycles. The van der Waals surface area contributed by atoms with E-state index in [0.717, 1.165) is 42.4 Å². The maximum absolute atomic E-state index is 13.2. The maximum atomic E-state index is 13.2. The summed E-state index contributed by atoms with van der Waals surface area (Å²) in [7, 11) is 0. The maximum Gasteiger partial charge on any atom is 0.258 e. The molecule has 33 heavy (non-hydrogen) atoms. The summed E-state index contributed by atoms with van der Waals surface area (Å²) in [6.45, 7) is 4.79. The highest BCUT2D eigenvalue weighted by atomic mass is 16.5. The molecule has 4 rings (SSSR count). The van der Waals surface area contributed by atoms with Crippen LogP contribution in [0.1, 0.15) is 38.8 Å². The topological polar surface area (TPSA) is 87.3 Å². The molecule has 7 heteroatoms. The van der Waals surface area contributed by atoms with Gasteiger partial charge < -0.3 is 19.9 Å². The molecule has 2 amide bonds. The summed E-state index contributed by atoms with van der Waals surface area (Å²) in [5.74, 6) is 0.748. The zero-order chi connectivity index (χ0) is 23.3. The summed E-state index contributed by atoms with van der Waals surface area (Å²) in [6.07, 6.45) is 5.75. The molecule has 2 N–H and O–H groups in total. The Bertz CT molecular complexity index is 1090. The summed E-state index contributed by atoms with van der Waals surface area (Å²) in [5, 5.41) is 3.96. The summed E-state index contributed by atoms with van der Waals surface area (Å²) in [5.41, 5.74) is 1.02. The highest BCUT2D eigenvalue weighted by Crippen LogP contribution is 2.24. The highest BCUT2D eigenvalue weighted by Gasteiger charge is 2.34. The van der Waals surface area contributed by atoms with Crippen molar-refractivity contribution >= 4 is 22.8 Å². The summed E-state index contributed by atoms with van der Waals surface area (Å²) >= 11 is 0. The number of likely N-dealkylation sites (tertiary alicyclic amines) is 1. The number of carbonyl (C=O) groups is 2. The first-order valence-electron chi connectivity index (χ1n) is 11.6. The Hall–Kier alpha value is -3.35. The number of aromatic nitrogens is 2. The van der Waals surface area contributed by atoms with Crippen LogP contribution in [-0.2, 0) is 16.0 Å². The highest BCUT2D eigenvalue weighted by molar-refractivity contribution is 5.91. The van der Waals surface area contributed by atoms with E-state index in [-0.39, 0.29) is 18.4 Å². The van der Waals surface area contributed by atoms with Crippen molar-refractivity contribution in [2.24, 2.45) is 5.92 Å². The molecule has 0 radical (unpaired) electrons. The van der Waals surface area contributed by atoms with Gasteiger partial charge in [-0.1, -0.05) is 18.2 Å². The van der Waals surface area contributed by atoms with Crippen molar-refractivity contribution in [3.05, 3.63) is 60.4 Å². The van der Waals surface area contributed by atoms with Crippen molar-refractivity contribution in [3.8, 4) is 5.75 Å². The Morgan fingerprint density at radius 1 is 1.12 bits per heavy atom. The van der Waals surface area contributed by atoms with E-state index in [4.69, 9.17) is 9.72 Å². The van der Waals surface area contributed by atoms with Crippen LogP contribution >= 0.6 is 0 Å². The molecule has 1 saturated heterocycles. The zero-order valence-corrected chi connectivity index (χ0v) is 19.3. The van der Waals surface area contributed by atoms with E-state index in [1.54, 1.807) is 26.0 Å². The lowest BCUT2D eigenvalue weighted by Crippen LogP contribution is -2.57. The van der Waals surface area contributed by atoms with Gasteiger partial charge in [0, 0.05) is 30.4 Å². The van der Waals surface area contributed by atoms with Crippen molar-refractivity contribution < 1.29 is 14.3 Å². The molecule has 0 spiro atoms. The molecule has 0 unspecified atom stereocenters. The third-order valence-corrected chi connectivity index (χ3v) is 6.20. The van der Waals surface area contributed by atoms with Gasteiger partial charge >= 0.3 is 0 Å². The fraction of sp³-hybridized carbons (Fsp3) is 0.423. The average molecular weight is 449 g/mol. The third-order valence-electron chi connectivity index (χ3n) is 6.20. The lowest BCUT2D eigenvalue weighted by atomic mass is 9.95. The number of nitrogens with one attached hydrogen (secondary N) is 2. The van der Waals surface area contributed by atoms with Crippen LogP contribution in [0.5, 0.6) is 5.75 Å². The Kier molecular flexibility index (Phi) is 6.96. The van der Waals surface area contributed by atoms with Crippen molar-refractivity contribution in [1.82, 2.24) is 20.2 Å². The van der Waals surface area contributed by atoms with E-state index in [1.165, 1.54) is 0 Å². The lowest BCUT2D eigenvalue weighted by molar-refractivity contribution is -0.140. The number of nitrogens with zero attached hydrogens (tertiary/aromatic N) is 2. The molecule has 1 fully saturated rings. The number of fused-ring (bicyclic) bond motifs is 1. The molecule has 3 aromatic rings. The van der Waals surface area contributed by atoms with E-state index < -0.39 is 5.54 Å². The van der Waals surface area contributed by atoms with Crippen LogP contribution in [0.25, 0.3) is 11.0 Å². The molecule has 1 aromatic carbocycles. The van der Waals surface area contributed by atoms with Gasteiger partial charge in [0.2, 0.25) is 5.91 Å². The Labute approximate surface area is 194 Å². The first kappa shape index (κ1) is 22.8. The van der Waals surface area contributed by atoms with Crippen molar-refractivity contribution in [2.75, 3.05) is 19.7 Å². The smallest absolute Gasteiger partial charge is 0.258 e. The van der Waals surface area contributed by atoms with E-state index in [2.05, 4.69) is 22.4 Å². The van der Waals surface area contributed by atoms with Crippen molar-refractivity contribution in [1.29, 1.82) is 0 Å². The van der Waals surface area contributed by atoms with Gasteiger partial charge in [0.05, 0.1) is 0 Å². The lowest BCUT2D eigenvalue weighted by Gasteiger charge is -2.32. The SMILES string of the molecule is CC(C)(NC(=O)COc1ccccc1)C(=O)N1CCC[C@@H](Cc2ccc3cc[nH]c3n2)CC1. The van der Waals surface area contributed by atoms with Gasteiger partial charge in [-0.25, -0.2) is 4.98 Å². The van der Waals surface area contributed by atoms with Gasteiger partial charge in [0.25, 0.3) is 5.91 Å². The minimum atomic E-state index is -0.989. The molecular formula is C26H32N4O3. The average Bonchev–Trinajstić information content (AvgIpc) is 3.15. The van der Waals surface area contributed by atoms with Crippen LogP contribution in [0, 0.1) is 5.92 Å². The van der Waals surface area contributed by atoms with Crippen LogP contribution in [0.4, 0.5) is 0 Å². The number of H-pyrrole nitrogens is 1. The number of aromatic amines is 1. The summed E-state index contributed by atoms with van der Waals surface area (Å²) < 4.78 is 5.51. The molecule has 0 bridgehead atoms. The molecule has 3 heterocycles. The minimum Gasteiger partial charge on any atom is -0.484 e. The van der Waals surface area contributed by atoms with Gasteiger partial charge in [0.1, 0.15) is 16.9 Å². The number of hydrogen-bond donors (Lipinski definition) is 2. The minimum absolute atomic E-state index is 0.0536. The number of pyridine rings is 1. The normalized spacial score (nSPS) is 16.9. The van der Waals surface area contributed by atoms with Crippen LogP contribution in [0.15, 0.2) is 54.7 Å². The number of ether oxygens (including phenoxy) is 1. The van der Waals surface area contributed by atoms with Crippen LogP contribution in [-0.4, -0.2) is 51.9 Å². The molecule has 2 aromatic heterocycles. The monoisotopic (exact) mass is 448 g/mol.